The summed E-state index contributed by atoms with van der Waals surface area (Å²) >= 11 is 5.79. The first-order valence-corrected chi connectivity index (χ1v) is 7.21. The average molecular weight is 313 g/mol. The summed E-state index contributed by atoms with van der Waals surface area (Å²) in [4.78, 5) is 23.5. The Morgan fingerprint density at radius 2 is 2.05 bits per heavy atom. The van der Waals surface area contributed by atoms with Crippen molar-refractivity contribution >= 4 is 29.1 Å². The molecule has 116 valence electrons. The van der Waals surface area contributed by atoms with E-state index in [-0.39, 0.29) is 12.5 Å². The Balaban J connectivity index is 2.54. The lowest BCUT2D eigenvalue weighted by Crippen LogP contribution is -2.47. The van der Waals surface area contributed by atoms with Crippen LogP contribution in [0.25, 0.3) is 0 Å². The molecule has 0 fully saturated rings. The second-order valence-corrected chi connectivity index (χ2v) is 5.75. The fourth-order valence-corrected chi connectivity index (χ4v) is 1.90. The van der Waals surface area contributed by atoms with Crippen LogP contribution in [0.5, 0.6) is 0 Å². The van der Waals surface area contributed by atoms with Crippen LogP contribution in [-0.2, 0) is 9.59 Å². The van der Waals surface area contributed by atoms with Crippen LogP contribution in [-0.4, -0.2) is 29.1 Å². The van der Waals surface area contributed by atoms with Crippen LogP contribution >= 0.6 is 11.6 Å². The van der Waals surface area contributed by atoms with E-state index in [4.69, 9.17) is 11.6 Å². The van der Waals surface area contributed by atoms with Gasteiger partial charge in [-0.1, -0.05) is 37.9 Å². The van der Waals surface area contributed by atoms with E-state index in [2.05, 4.69) is 10.6 Å². The number of carbonyl (C=O) groups excluding carboxylic acids is 2. The van der Waals surface area contributed by atoms with Crippen molar-refractivity contribution in [2.75, 3.05) is 11.9 Å². The van der Waals surface area contributed by atoms with Crippen molar-refractivity contribution in [3.63, 3.8) is 0 Å². The molecule has 21 heavy (non-hydrogen) atoms. The molecule has 5 nitrogen and oxygen atoms in total. The van der Waals surface area contributed by atoms with E-state index >= 15 is 0 Å². The second kappa shape index (κ2) is 7.43. The number of benzene rings is 1. The molecule has 0 unspecified atom stereocenters. The highest BCUT2D eigenvalue weighted by Crippen LogP contribution is 2.19. The highest BCUT2D eigenvalue weighted by atomic mass is 35.5. The third-order valence-corrected chi connectivity index (χ3v) is 3.80. The Hall–Kier alpha value is -1.59. The molecule has 1 aromatic rings. The summed E-state index contributed by atoms with van der Waals surface area (Å²) in [6.07, 6.45) is 0.775. The summed E-state index contributed by atoms with van der Waals surface area (Å²) in [7, 11) is 0. The molecule has 0 aliphatic carbocycles. The number of nitrogens with one attached hydrogen (secondary N) is 2. The van der Waals surface area contributed by atoms with E-state index in [9.17, 15) is 14.7 Å². The van der Waals surface area contributed by atoms with Crippen molar-refractivity contribution in [2.24, 2.45) is 5.92 Å². The number of hydrogen-bond donors (Lipinski definition) is 3. The molecule has 0 radical (unpaired) electrons. The minimum Gasteiger partial charge on any atom is -0.388 e. The molecule has 0 saturated carbocycles. The lowest BCUT2D eigenvalue weighted by atomic mass is 9.89. The van der Waals surface area contributed by atoms with Crippen molar-refractivity contribution in [2.45, 2.75) is 32.8 Å². The molecule has 1 aromatic carbocycles. The molecule has 0 bridgehead atoms. The summed E-state index contributed by atoms with van der Waals surface area (Å²) < 4.78 is 0. The number of carbonyl (C=O) groups is 2. The SMILES string of the molecule is CC[C@@H](C)[C@](C)(O)CNC(=O)C(=O)Nc1cccc(Cl)c1. The molecule has 0 aromatic heterocycles. The minimum absolute atomic E-state index is 0.00814. The quantitative estimate of drug-likeness (QED) is 0.729. The van der Waals surface area contributed by atoms with E-state index < -0.39 is 17.4 Å². The van der Waals surface area contributed by atoms with Gasteiger partial charge in [0.25, 0.3) is 0 Å². The molecular formula is C15H21ClN2O3. The number of anilines is 1. The first kappa shape index (κ1) is 17.5. The topological polar surface area (TPSA) is 78.4 Å². The smallest absolute Gasteiger partial charge is 0.313 e. The van der Waals surface area contributed by atoms with Crippen molar-refractivity contribution in [3.05, 3.63) is 29.3 Å². The molecule has 6 heteroatoms. The van der Waals surface area contributed by atoms with Crippen molar-refractivity contribution in [1.29, 1.82) is 0 Å². The predicted molar refractivity (Wildman–Crippen MR) is 83.2 cm³/mol. The zero-order valence-corrected chi connectivity index (χ0v) is 13.2. The van der Waals surface area contributed by atoms with Gasteiger partial charge in [-0.3, -0.25) is 9.59 Å². The summed E-state index contributed by atoms with van der Waals surface area (Å²) in [5.74, 6) is -1.58. The molecule has 0 spiro atoms. The van der Waals surface area contributed by atoms with Gasteiger partial charge in [0.05, 0.1) is 5.60 Å². The van der Waals surface area contributed by atoms with Crippen LogP contribution in [0.2, 0.25) is 5.02 Å². The van der Waals surface area contributed by atoms with Gasteiger partial charge >= 0.3 is 11.8 Å². The van der Waals surface area contributed by atoms with Crippen LogP contribution in [0.1, 0.15) is 27.2 Å². The minimum atomic E-state index is -1.05. The van der Waals surface area contributed by atoms with E-state index in [0.717, 1.165) is 6.42 Å². The zero-order chi connectivity index (χ0) is 16.0. The number of aliphatic hydroxyl groups is 1. The van der Waals surface area contributed by atoms with Gasteiger partial charge in [-0.15, -0.1) is 0 Å². The van der Waals surface area contributed by atoms with Crippen LogP contribution in [0.4, 0.5) is 5.69 Å². The molecule has 0 aliphatic heterocycles. The number of amides is 2. The van der Waals surface area contributed by atoms with Gasteiger partial charge < -0.3 is 15.7 Å². The lowest BCUT2D eigenvalue weighted by Gasteiger charge is -2.29. The van der Waals surface area contributed by atoms with Gasteiger partial charge in [0.1, 0.15) is 0 Å². The maximum absolute atomic E-state index is 11.7. The van der Waals surface area contributed by atoms with Gasteiger partial charge in [-0.25, -0.2) is 0 Å². The monoisotopic (exact) mass is 312 g/mol. The summed E-state index contributed by atoms with van der Waals surface area (Å²) in [5, 5.41) is 15.5. The van der Waals surface area contributed by atoms with Crippen molar-refractivity contribution in [3.8, 4) is 0 Å². The van der Waals surface area contributed by atoms with E-state index in [0.29, 0.717) is 10.7 Å². The van der Waals surface area contributed by atoms with Crippen LogP contribution in [0, 0.1) is 5.92 Å². The molecule has 0 saturated heterocycles. The summed E-state index contributed by atoms with van der Waals surface area (Å²) in [5.41, 5.74) is -0.614. The molecular weight excluding hydrogens is 292 g/mol. The van der Waals surface area contributed by atoms with Gasteiger partial charge in [0, 0.05) is 17.3 Å². The number of halogens is 1. The van der Waals surface area contributed by atoms with Gasteiger partial charge in [0.2, 0.25) is 0 Å². The fraction of sp³-hybridized carbons (Fsp3) is 0.467. The average Bonchev–Trinajstić information content (AvgIpc) is 2.43. The summed E-state index contributed by atoms with van der Waals surface area (Å²) in [6, 6.07) is 6.51. The maximum Gasteiger partial charge on any atom is 0.313 e. The van der Waals surface area contributed by atoms with Crippen LogP contribution < -0.4 is 10.6 Å². The first-order chi connectivity index (χ1) is 9.76. The van der Waals surface area contributed by atoms with Gasteiger partial charge in [-0.2, -0.15) is 0 Å². The Kier molecular flexibility index (Phi) is 6.18. The molecule has 0 aliphatic rings. The normalized spacial score (nSPS) is 14.9. The maximum atomic E-state index is 11.7. The molecule has 2 atom stereocenters. The Bertz CT molecular complexity index is 517. The van der Waals surface area contributed by atoms with E-state index in [1.807, 2.05) is 13.8 Å². The standard InChI is InChI=1S/C15H21ClN2O3/c1-4-10(2)15(3,21)9-17-13(19)14(20)18-12-7-5-6-11(16)8-12/h5-8,10,21H,4,9H2,1-3H3,(H,17,19)(H,18,20)/t10-,15-/m1/s1. The van der Waals surface area contributed by atoms with Crippen molar-refractivity contribution < 1.29 is 14.7 Å². The largest absolute Gasteiger partial charge is 0.388 e. The highest BCUT2D eigenvalue weighted by Gasteiger charge is 2.28. The van der Waals surface area contributed by atoms with E-state index in [1.165, 1.54) is 0 Å². The Morgan fingerprint density at radius 3 is 2.62 bits per heavy atom. The first-order valence-electron chi connectivity index (χ1n) is 6.83. The number of rotatable bonds is 5. The highest BCUT2D eigenvalue weighted by molar-refractivity contribution is 6.39. The molecule has 1 rings (SSSR count). The van der Waals surface area contributed by atoms with Crippen molar-refractivity contribution in [1.82, 2.24) is 5.32 Å². The third kappa shape index (κ3) is 5.36. The molecule has 3 N–H and O–H groups in total. The second-order valence-electron chi connectivity index (χ2n) is 5.31. The summed E-state index contributed by atoms with van der Waals surface area (Å²) in [6.45, 7) is 5.49. The Morgan fingerprint density at radius 1 is 1.38 bits per heavy atom. The van der Waals surface area contributed by atoms with Gasteiger partial charge in [-0.05, 0) is 31.0 Å². The molecule has 2 amide bonds. The van der Waals surface area contributed by atoms with Crippen LogP contribution in [0.3, 0.4) is 0 Å². The van der Waals surface area contributed by atoms with E-state index in [1.54, 1.807) is 31.2 Å². The molecule has 0 heterocycles. The number of hydrogen-bond acceptors (Lipinski definition) is 3. The van der Waals surface area contributed by atoms with Gasteiger partial charge in [0.15, 0.2) is 0 Å². The zero-order valence-electron chi connectivity index (χ0n) is 12.4. The lowest BCUT2D eigenvalue weighted by molar-refractivity contribution is -0.137. The Labute approximate surface area is 129 Å². The predicted octanol–water partition coefficient (Wildman–Crippen LogP) is 2.19. The third-order valence-electron chi connectivity index (χ3n) is 3.57. The van der Waals surface area contributed by atoms with Crippen LogP contribution in [0.15, 0.2) is 24.3 Å². The fourth-order valence-electron chi connectivity index (χ4n) is 1.71.